The number of benzene rings is 1. The molecule has 0 saturated heterocycles. The van der Waals surface area contributed by atoms with Crippen molar-refractivity contribution in [1.82, 2.24) is 19.9 Å². The van der Waals surface area contributed by atoms with Crippen LogP contribution in [0.25, 0.3) is 20.8 Å². The summed E-state index contributed by atoms with van der Waals surface area (Å²) in [5.74, 6) is 0.583. The molecule has 4 rings (SSSR count). The highest BCUT2D eigenvalue weighted by atomic mass is 35.5. The van der Waals surface area contributed by atoms with Gasteiger partial charge in [0, 0.05) is 12.3 Å². The van der Waals surface area contributed by atoms with E-state index in [9.17, 15) is 9.50 Å². The number of nitrogens with one attached hydrogen (secondary N) is 1. The van der Waals surface area contributed by atoms with Gasteiger partial charge >= 0.3 is 0 Å². The van der Waals surface area contributed by atoms with Crippen LogP contribution >= 0.6 is 22.9 Å². The topological polar surface area (TPSA) is 83.8 Å². The van der Waals surface area contributed by atoms with E-state index in [1.54, 1.807) is 37.4 Å². The van der Waals surface area contributed by atoms with E-state index in [0.29, 0.717) is 32.9 Å². The summed E-state index contributed by atoms with van der Waals surface area (Å²) in [6, 6.07) is 7.92. The first-order valence-electron chi connectivity index (χ1n) is 8.00. The fourth-order valence-corrected chi connectivity index (χ4v) is 3.92. The maximum atomic E-state index is 14.2. The van der Waals surface area contributed by atoms with Crippen LogP contribution in [-0.2, 0) is 0 Å². The smallest absolute Gasteiger partial charge is 0.151 e. The van der Waals surface area contributed by atoms with E-state index in [2.05, 4.69) is 25.3 Å². The Labute approximate surface area is 162 Å². The molecule has 4 aromatic rings. The number of nitrogens with zero attached hydrogens (tertiary/aromatic N) is 4. The van der Waals surface area contributed by atoms with Crippen LogP contribution in [0.3, 0.4) is 0 Å². The zero-order valence-corrected chi connectivity index (χ0v) is 15.6. The molecule has 6 nitrogen and oxygen atoms in total. The summed E-state index contributed by atoms with van der Waals surface area (Å²) < 4.78 is 15.0. The third-order valence-electron chi connectivity index (χ3n) is 3.84. The molecule has 0 radical (unpaired) electrons. The lowest BCUT2D eigenvalue weighted by Crippen LogP contribution is -2.01. The van der Waals surface area contributed by atoms with Gasteiger partial charge in [-0.15, -0.1) is 11.3 Å². The van der Waals surface area contributed by atoms with Crippen LogP contribution in [0.1, 0.15) is 18.7 Å². The minimum Gasteiger partial charge on any atom is -0.387 e. The first-order valence-corrected chi connectivity index (χ1v) is 9.19. The van der Waals surface area contributed by atoms with Crippen LogP contribution in [-0.4, -0.2) is 25.0 Å². The molecule has 27 heavy (non-hydrogen) atoms. The predicted molar refractivity (Wildman–Crippen MR) is 104 cm³/mol. The summed E-state index contributed by atoms with van der Waals surface area (Å²) in [7, 11) is 0. The minimum absolute atomic E-state index is 0.268. The SMILES string of the molecule is CC(O)c1cc(Nc2nccc3nc(-c4c(F)cccc4Cl)sc23)ncn1. The highest BCUT2D eigenvalue weighted by Gasteiger charge is 2.17. The molecule has 9 heteroatoms. The standard InChI is InChI=1S/C18H13ClFN5OS/c1-9(26)13-7-14(23-8-22-13)25-17-16-12(5-6-21-17)24-18(27-16)15-10(19)3-2-4-11(15)20/h2-9,26H,1H3,(H,21,22,23,25). The Balaban J connectivity index is 1.77. The van der Waals surface area contributed by atoms with Crippen molar-refractivity contribution in [3.8, 4) is 10.6 Å². The minimum atomic E-state index is -0.712. The first-order chi connectivity index (χ1) is 13.0. The molecule has 3 heterocycles. The molecule has 1 atom stereocenters. The molecular formula is C18H13ClFN5OS. The monoisotopic (exact) mass is 401 g/mol. The average Bonchev–Trinajstić information content (AvgIpc) is 3.06. The van der Waals surface area contributed by atoms with Crippen LogP contribution in [0.15, 0.2) is 42.9 Å². The first kappa shape index (κ1) is 17.7. The molecule has 0 spiro atoms. The zero-order valence-electron chi connectivity index (χ0n) is 14.0. The molecule has 0 saturated carbocycles. The Hall–Kier alpha value is -2.68. The van der Waals surface area contributed by atoms with Crippen molar-refractivity contribution in [2.45, 2.75) is 13.0 Å². The summed E-state index contributed by atoms with van der Waals surface area (Å²) in [6.07, 6.45) is 2.26. The molecule has 1 aromatic carbocycles. The number of fused-ring (bicyclic) bond motifs is 1. The highest BCUT2D eigenvalue weighted by molar-refractivity contribution is 7.22. The highest BCUT2D eigenvalue weighted by Crippen LogP contribution is 2.38. The lowest BCUT2D eigenvalue weighted by molar-refractivity contribution is 0.194. The Morgan fingerprint density at radius 3 is 2.85 bits per heavy atom. The van der Waals surface area contributed by atoms with Gasteiger partial charge in [0.2, 0.25) is 0 Å². The van der Waals surface area contributed by atoms with Crippen LogP contribution in [0.5, 0.6) is 0 Å². The van der Waals surface area contributed by atoms with Crippen molar-refractivity contribution in [3.05, 3.63) is 59.4 Å². The maximum absolute atomic E-state index is 14.2. The lowest BCUT2D eigenvalue weighted by Gasteiger charge is -2.08. The lowest BCUT2D eigenvalue weighted by atomic mass is 10.2. The molecule has 0 aliphatic rings. The second-order valence-corrected chi connectivity index (χ2v) is 7.16. The molecular weight excluding hydrogens is 389 g/mol. The largest absolute Gasteiger partial charge is 0.387 e. The Kier molecular flexibility index (Phi) is 4.69. The van der Waals surface area contributed by atoms with Gasteiger partial charge in [-0.1, -0.05) is 17.7 Å². The third kappa shape index (κ3) is 3.46. The number of halogens is 2. The summed E-state index contributed by atoms with van der Waals surface area (Å²) in [6.45, 7) is 1.62. The molecule has 1 unspecified atom stereocenters. The zero-order chi connectivity index (χ0) is 19.0. The van der Waals surface area contributed by atoms with E-state index in [4.69, 9.17) is 11.6 Å². The van der Waals surface area contributed by atoms with Crippen LogP contribution < -0.4 is 5.32 Å². The van der Waals surface area contributed by atoms with Crippen LogP contribution in [0.4, 0.5) is 16.0 Å². The quantitative estimate of drug-likeness (QED) is 0.514. The molecule has 0 fully saturated rings. The number of hydrogen-bond acceptors (Lipinski definition) is 7. The van der Waals surface area contributed by atoms with Gasteiger partial charge in [0.15, 0.2) is 5.82 Å². The van der Waals surface area contributed by atoms with Gasteiger partial charge < -0.3 is 10.4 Å². The van der Waals surface area contributed by atoms with Crippen molar-refractivity contribution in [2.75, 3.05) is 5.32 Å². The fourth-order valence-electron chi connectivity index (χ4n) is 2.54. The summed E-state index contributed by atoms with van der Waals surface area (Å²) >= 11 is 7.44. The van der Waals surface area contributed by atoms with E-state index in [0.717, 1.165) is 4.70 Å². The van der Waals surface area contributed by atoms with Gasteiger partial charge in [0.1, 0.15) is 23.0 Å². The van der Waals surface area contributed by atoms with Crippen molar-refractivity contribution in [2.24, 2.45) is 0 Å². The number of thiazole rings is 1. The average molecular weight is 402 g/mol. The maximum Gasteiger partial charge on any atom is 0.151 e. The fraction of sp³-hybridized carbons (Fsp3) is 0.111. The van der Waals surface area contributed by atoms with E-state index in [-0.39, 0.29) is 5.56 Å². The van der Waals surface area contributed by atoms with Crippen molar-refractivity contribution in [1.29, 1.82) is 0 Å². The van der Waals surface area contributed by atoms with Gasteiger partial charge in [-0.05, 0) is 25.1 Å². The number of aliphatic hydroxyl groups is 1. The van der Waals surface area contributed by atoms with E-state index in [1.165, 1.54) is 23.7 Å². The number of pyridine rings is 1. The molecule has 2 N–H and O–H groups in total. The van der Waals surface area contributed by atoms with Crippen LogP contribution in [0.2, 0.25) is 5.02 Å². The second kappa shape index (κ2) is 7.15. The van der Waals surface area contributed by atoms with E-state index >= 15 is 0 Å². The number of anilines is 2. The molecule has 0 aliphatic heterocycles. The van der Waals surface area contributed by atoms with Gasteiger partial charge in [0.25, 0.3) is 0 Å². The van der Waals surface area contributed by atoms with Crippen LogP contribution in [0, 0.1) is 5.82 Å². The van der Waals surface area contributed by atoms with Gasteiger partial charge in [-0.2, -0.15) is 0 Å². The van der Waals surface area contributed by atoms with E-state index < -0.39 is 11.9 Å². The third-order valence-corrected chi connectivity index (χ3v) is 5.25. The molecule has 0 amide bonds. The second-order valence-electron chi connectivity index (χ2n) is 5.75. The summed E-state index contributed by atoms with van der Waals surface area (Å²) in [5, 5.41) is 13.6. The Morgan fingerprint density at radius 2 is 2.07 bits per heavy atom. The van der Waals surface area contributed by atoms with Gasteiger partial charge in [-0.25, -0.2) is 24.3 Å². The molecule has 0 bridgehead atoms. The Bertz CT molecular complexity index is 1110. The van der Waals surface area contributed by atoms with Gasteiger partial charge in [0.05, 0.1) is 32.6 Å². The van der Waals surface area contributed by atoms with E-state index in [1.807, 2.05) is 0 Å². The number of rotatable bonds is 4. The van der Waals surface area contributed by atoms with Crippen molar-refractivity contribution < 1.29 is 9.50 Å². The van der Waals surface area contributed by atoms with Gasteiger partial charge in [-0.3, -0.25) is 0 Å². The summed E-state index contributed by atoms with van der Waals surface area (Å²) in [5.41, 5.74) is 1.42. The predicted octanol–water partition coefficient (Wildman–Crippen LogP) is 4.74. The summed E-state index contributed by atoms with van der Waals surface area (Å²) in [4.78, 5) is 17.0. The van der Waals surface area contributed by atoms with Crippen molar-refractivity contribution in [3.63, 3.8) is 0 Å². The number of aromatic nitrogens is 4. The normalized spacial score (nSPS) is 12.3. The Morgan fingerprint density at radius 1 is 1.22 bits per heavy atom. The molecule has 3 aromatic heterocycles. The molecule has 0 aliphatic carbocycles. The number of hydrogen-bond donors (Lipinski definition) is 2. The van der Waals surface area contributed by atoms with Crippen molar-refractivity contribution >= 4 is 44.8 Å². The molecule has 136 valence electrons. The number of aliphatic hydroxyl groups excluding tert-OH is 1.